The molecule has 2 aliphatic rings. The van der Waals surface area contributed by atoms with Crippen LogP contribution in [0.5, 0.6) is 0 Å². The van der Waals surface area contributed by atoms with Gasteiger partial charge in [0.25, 0.3) is 0 Å². The average molecular weight is 237 g/mol. The van der Waals surface area contributed by atoms with Crippen LogP contribution in [0.1, 0.15) is 39.5 Å². The topological polar surface area (TPSA) is 32.3 Å². The van der Waals surface area contributed by atoms with Gasteiger partial charge >= 0.3 is 0 Å². The van der Waals surface area contributed by atoms with Crippen molar-refractivity contribution >= 4 is 0 Å². The SMILES string of the molecule is CC(CO)CCCNC(C)C1CC2C=CC1C2. The molecule has 0 aromatic carbocycles. The summed E-state index contributed by atoms with van der Waals surface area (Å²) >= 11 is 0. The molecule has 2 heteroatoms. The third kappa shape index (κ3) is 3.32. The van der Waals surface area contributed by atoms with E-state index in [9.17, 15) is 0 Å². The number of hydrogen-bond acceptors (Lipinski definition) is 2. The smallest absolute Gasteiger partial charge is 0.0456 e. The van der Waals surface area contributed by atoms with Crippen molar-refractivity contribution in [3.8, 4) is 0 Å². The molecule has 1 fully saturated rings. The number of allylic oxidation sites excluding steroid dienone is 2. The number of nitrogens with one attached hydrogen (secondary N) is 1. The zero-order valence-corrected chi connectivity index (χ0v) is 11.2. The first kappa shape index (κ1) is 13.1. The van der Waals surface area contributed by atoms with Crippen LogP contribution in [0.25, 0.3) is 0 Å². The summed E-state index contributed by atoms with van der Waals surface area (Å²) in [6, 6.07) is 0.652. The van der Waals surface area contributed by atoms with Gasteiger partial charge in [0, 0.05) is 12.6 Å². The molecule has 0 aromatic heterocycles. The largest absolute Gasteiger partial charge is 0.396 e. The summed E-state index contributed by atoms with van der Waals surface area (Å²) in [7, 11) is 0. The van der Waals surface area contributed by atoms with Crippen molar-refractivity contribution in [3.05, 3.63) is 12.2 Å². The van der Waals surface area contributed by atoms with Gasteiger partial charge in [-0.2, -0.15) is 0 Å². The number of aliphatic hydroxyl groups excluding tert-OH is 1. The molecule has 0 heterocycles. The summed E-state index contributed by atoms with van der Waals surface area (Å²) in [6.07, 6.45) is 9.96. The Hall–Kier alpha value is -0.340. The third-order valence-corrected chi connectivity index (χ3v) is 4.62. The zero-order valence-electron chi connectivity index (χ0n) is 11.2. The van der Waals surface area contributed by atoms with E-state index in [0.29, 0.717) is 18.6 Å². The maximum atomic E-state index is 8.96. The lowest BCUT2D eigenvalue weighted by Gasteiger charge is -2.26. The second-order valence-electron chi connectivity index (χ2n) is 6.12. The van der Waals surface area contributed by atoms with Crippen LogP contribution in [0.2, 0.25) is 0 Å². The summed E-state index contributed by atoms with van der Waals surface area (Å²) in [4.78, 5) is 0. The summed E-state index contributed by atoms with van der Waals surface area (Å²) in [5.74, 6) is 3.04. The van der Waals surface area contributed by atoms with E-state index in [1.807, 2.05) is 0 Å². The quantitative estimate of drug-likeness (QED) is 0.527. The molecule has 0 amide bonds. The van der Waals surface area contributed by atoms with Gasteiger partial charge in [0.1, 0.15) is 0 Å². The van der Waals surface area contributed by atoms with Gasteiger partial charge in [-0.05, 0) is 62.8 Å². The monoisotopic (exact) mass is 237 g/mol. The van der Waals surface area contributed by atoms with E-state index in [1.54, 1.807) is 0 Å². The van der Waals surface area contributed by atoms with Crippen molar-refractivity contribution in [3.63, 3.8) is 0 Å². The number of rotatable bonds is 7. The van der Waals surface area contributed by atoms with Crippen LogP contribution in [0, 0.1) is 23.7 Å². The molecule has 5 atom stereocenters. The Morgan fingerprint density at radius 3 is 2.71 bits per heavy atom. The zero-order chi connectivity index (χ0) is 12.3. The maximum Gasteiger partial charge on any atom is 0.0456 e. The summed E-state index contributed by atoms with van der Waals surface area (Å²) in [6.45, 7) is 5.88. The van der Waals surface area contributed by atoms with Gasteiger partial charge in [-0.1, -0.05) is 19.1 Å². The Morgan fingerprint density at radius 1 is 1.29 bits per heavy atom. The van der Waals surface area contributed by atoms with Crippen LogP contribution < -0.4 is 5.32 Å². The molecule has 2 rings (SSSR count). The van der Waals surface area contributed by atoms with Crippen LogP contribution in [-0.4, -0.2) is 24.3 Å². The van der Waals surface area contributed by atoms with Crippen LogP contribution in [0.15, 0.2) is 12.2 Å². The first-order chi connectivity index (χ1) is 8.20. The molecular formula is C15H27NO. The minimum Gasteiger partial charge on any atom is -0.396 e. The molecular weight excluding hydrogens is 210 g/mol. The van der Waals surface area contributed by atoms with Crippen molar-refractivity contribution in [1.82, 2.24) is 5.32 Å². The lowest BCUT2D eigenvalue weighted by Crippen LogP contribution is -2.36. The van der Waals surface area contributed by atoms with Gasteiger partial charge in [0.2, 0.25) is 0 Å². The number of hydrogen-bond donors (Lipinski definition) is 2. The number of fused-ring (bicyclic) bond motifs is 2. The minimum absolute atomic E-state index is 0.326. The van der Waals surface area contributed by atoms with Gasteiger partial charge in [-0.3, -0.25) is 0 Å². The van der Waals surface area contributed by atoms with Crippen LogP contribution >= 0.6 is 0 Å². The molecule has 1 saturated carbocycles. The molecule has 0 saturated heterocycles. The predicted octanol–water partition coefficient (Wildman–Crippen LogP) is 2.59. The standard InChI is InChI=1S/C15H27NO/c1-11(10-17)4-3-7-16-12(2)15-9-13-5-6-14(15)8-13/h5-6,11-17H,3-4,7-10H2,1-2H3. The fourth-order valence-electron chi connectivity index (χ4n) is 3.42. The second kappa shape index (κ2) is 6.01. The normalized spacial score (nSPS) is 34.2. The first-order valence-electron chi connectivity index (χ1n) is 7.23. The van der Waals surface area contributed by atoms with Crippen molar-refractivity contribution in [1.29, 1.82) is 0 Å². The van der Waals surface area contributed by atoms with Gasteiger partial charge in [0.15, 0.2) is 0 Å². The lowest BCUT2D eigenvalue weighted by atomic mass is 9.87. The van der Waals surface area contributed by atoms with Crippen molar-refractivity contribution < 1.29 is 5.11 Å². The highest BCUT2D eigenvalue weighted by Crippen LogP contribution is 2.44. The molecule has 0 aliphatic heterocycles. The van der Waals surface area contributed by atoms with Crippen LogP contribution in [-0.2, 0) is 0 Å². The predicted molar refractivity (Wildman–Crippen MR) is 71.8 cm³/mol. The highest BCUT2D eigenvalue weighted by molar-refractivity contribution is 5.11. The van der Waals surface area contributed by atoms with Crippen molar-refractivity contribution in [2.45, 2.75) is 45.6 Å². The van der Waals surface area contributed by atoms with E-state index in [0.717, 1.165) is 30.7 Å². The van der Waals surface area contributed by atoms with Gasteiger partial charge in [-0.15, -0.1) is 0 Å². The lowest BCUT2D eigenvalue weighted by molar-refractivity contribution is 0.226. The minimum atomic E-state index is 0.326. The molecule has 5 unspecified atom stereocenters. The maximum absolute atomic E-state index is 8.96. The summed E-state index contributed by atoms with van der Waals surface area (Å²) in [5.41, 5.74) is 0. The third-order valence-electron chi connectivity index (χ3n) is 4.62. The van der Waals surface area contributed by atoms with Gasteiger partial charge in [0.05, 0.1) is 0 Å². The summed E-state index contributed by atoms with van der Waals surface area (Å²) < 4.78 is 0. The molecule has 17 heavy (non-hydrogen) atoms. The van der Waals surface area contributed by atoms with Gasteiger partial charge in [-0.25, -0.2) is 0 Å². The van der Waals surface area contributed by atoms with Crippen LogP contribution in [0.3, 0.4) is 0 Å². The molecule has 0 radical (unpaired) electrons. The highest BCUT2D eigenvalue weighted by atomic mass is 16.3. The molecule has 98 valence electrons. The Kier molecular flexibility index (Phi) is 4.63. The van der Waals surface area contributed by atoms with E-state index in [4.69, 9.17) is 5.11 Å². The van der Waals surface area contributed by atoms with Crippen molar-refractivity contribution in [2.24, 2.45) is 23.7 Å². The van der Waals surface area contributed by atoms with E-state index < -0.39 is 0 Å². The summed E-state index contributed by atoms with van der Waals surface area (Å²) in [5, 5.41) is 12.6. The Morgan fingerprint density at radius 2 is 2.12 bits per heavy atom. The Bertz CT molecular complexity index is 264. The molecule has 2 nitrogen and oxygen atoms in total. The molecule has 2 bridgehead atoms. The number of aliphatic hydroxyl groups is 1. The van der Waals surface area contributed by atoms with Crippen molar-refractivity contribution in [2.75, 3.05) is 13.2 Å². The van der Waals surface area contributed by atoms with E-state index >= 15 is 0 Å². The fraction of sp³-hybridized carbons (Fsp3) is 0.867. The second-order valence-corrected chi connectivity index (χ2v) is 6.12. The molecule has 2 aliphatic carbocycles. The average Bonchev–Trinajstić information content (AvgIpc) is 2.96. The van der Waals surface area contributed by atoms with E-state index in [2.05, 4.69) is 31.3 Å². The molecule has 2 N–H and O–H groups in total. The Labute approximate surface area is 105 Å². The fourth-order valence-corrected chi connectivity index (χ4v) is 3.42. The van der Waals surface area contributed by atoms with E-state index in [-0.39, 0.29) is 0 Å². The Balaban J connectivity index is 1.61. The van der Waals surface area contributed by atoms with Gasteiger partial charge < -0.3 is 10.4 Å². The van der Waals surface area contributed by atoms with Crippen LogP contribution in [0.4, 0.5) is 0 Å². The van der Waals surface area contributed by atoms with E-state index in [1.165, 1.54) is 19.3 Å². The molecule has 0 aromatic rings. The first-order valence-corrected chi connectivity index (χ1v) is 7.23. The highest BCUT2D eigenvalue weighted by Gasteiger charge is 2.38. The molecule has 0 spiro atoms.